The van der Waals surface area contributed by atoms with E-state index in [9.17, 15) is 4.79 Å². The normalized spacial score (nSPS) is 14.3. The zero-order chi connectivity index (χ0) is 12.4. The minimum absolute atomic E-state index is 0.241. The lowest BCUT2D eigenvalue weighted by Gasteiger charge is -2.17. The summed E-state index contributed by atoms with van der Waals surface area (Å²) in [6.07, 6.45) is -0.686. The van der Waals surface area contributed by atoms with Gasteiger partial charge in [-0.2, -0.15) is 0 Å². The van der Waals surface area contributed by atoms with Crippen molar-refractivity contribution in [3.05, 3.63) is 23.8 Å². The van der Waals surface area contributed by atoms with Gasteiger partial charge in [-0.05, 0) is 24.6 Å². The van der Waals surface area contributed by atoms with Crippen LogP contribution in [0.4, 0.5) is 4.79 Å². The summed E-state index contributed by atoms with van der Waals surface area (Å²) in [4.78, 5) is 12.8. The van der Waals surface area contributed by atoms with E-state index in [1.54, 1.807) is 14.1 Å². The van der Waals surface area contributed by atoms with Gasteiger partial charge < -0.3 is 19.1 Å². The zero-order valence-corrected chi connectivity index (χ0v) is 10.1. The molecule has 5 nitrogen and oxygen atoms in total. The SMILES string of the molecule is CC(OC(=O)N(C)C)c1ccc2c(c1)OCO2. The van der Waals surface area contributed by atoms with Crippen molar-refractivity contribution < 1.29 is 19.0 Å². The van der Waals surface area contributed by atoms with Crippen LogP contribution in [0.3, 0.4) is 0 Å². The minimum Gasteiger partial charge on any atom is -0.454 e. The Hall–Kier alpha value is -1.91. The summed E-state index contributed by atoms with van der Waals surface area (Å²) in [7, 11) is 3.30. The van der Waals surface area contributed by atoms with Crippen LogP contribution in [-0.2, 0) is 4.74 Å². The van der Waals surface area contributed by atoms with E-state index < -0.39 is 0 Å². The molecule has 0 aliphatic carbocycles. The van der Waals surface area contributed by atoms with Crippen LogP contribution in [0.25, 0.3) is 0 Å². The van der Waals surface area contributed by atoms with Crippen LogP contribution in [0, 0.1) is 0 Å². The van der Waals surface area contributed by atoms with E-state index in [1.165, 1.54) is 4.90 Å². The predicted octanol–water partition coefficient (Wildman–Crippen LogP) is 2.17. The average Bonchev–Trinajstić information content (AvgIpc) is 2.75. The molecular weight excluding hydrogens is 222 g/mol. The molecule has 0 radical (unpaired) electrons. The third kappa shape index (κ3) is 2.43. The first-order valence-electron chi connectivity index (χ1n) is 5.35. The zero-order valence-electron chi connectivity index (χ0n) is 10.1. The first-order valence-corrected chi connectivity index (χ1v) is 5.35. The van der Waals surface area contributed by atoms with Gasteiger partial charge in [0.1, 0.15) is 6.10 Å². The molecule has 1 atom stereocenters. The van der Waals surface area contributed by atoms with Crippen LogP contribution in [0.15, 0.2) is 18.2 Å². The van der Waals surface area contributed by atoms with Crippen LogP contribution >= 0.6 is 0 Å². The van der Waals surface area contributed by atoms with Gasteiger partial charge in [0.15, 0.2) is 11.5 Å². The summed E-state index contributed by atoms with van der Waals surface area (Å²) in [5, 5.41) is 0. The largest absolute Gasteiger partial charge is 0.454 e. The Morgan fingerprint density at radius 1 is 1.35 bits per heavy atom. The molecule has 0 spiro atoms. The Bertz CT molecular complexity index is 431. The van der Waals surface area contributed by atoms with Gasteiger partial charge in [0.05, 0.1) is 0 Å². The van der Waals surface area contributed by atoms with Gasteiger partial charge in [0.25, 0.3) is 0 Å². The molecule has 17 heavy (non-hydrogen) atoms. The van der Waals surface area contributed by atoms with Crippen molar-refractivity contribution in [3.63, 3.8) is 0 Å². The van der Waals surface area contributed by atoms with E-state index in [0.717, 1.165) is 11.3 Å². The van der Waals surface area contributed by atoms with Crippen molar-refractivity contribution in [2.75, 3.05) is 20.9 Å². The molecular formula is C12H15NO4. The monoisotopic (exact) mass is 237 g/mol. The summed E-state index contributed by atoms with van der Waals surface area (Å²) in [5.74, 6) is 1.41. The highest BCUT2D eigenvalue weighted by Crippen LogP contribution is 2.34. The fourth-order valence-corrected chi connectivity index (χ4v) is 1.49. The van der Waals surface area contributed by atoms with E-state index in [1.807, 2.05) is 25.1 Å². The molecule has 0 N–H and O–H groups in total. The molecule has 1 aromatic carbocycles. The number of hydrogen-bond donors (Lipinski definition) is 0. The Labute approximate surface area is 99.9 Å². The third-order valence-electron chi connectivity index (χ3n) is 2.51. The lowest BCUT2D eigenvalue weighted by Crippen LogP contribution is -2.23. The lowest BCUT2D eigenvalue weighted by molar-refractivity contribution is 0.0825. The fourth-order valence-electron chi connectivity index (χ4n) is 1.49. The standard InChI is InChI=1S/C12H15NO4/c1-8(17-12(14)13(2)3)9-4-5-10-11(6-9)16-7-15-10/h4-6,8H,7H2,1-3H3. The van der Waals surface area contributed by atoms with Crippen LogP contribution in [0.1, 0.15) is 18.6 Å². The number of fused-ring (bicyclic) bond motifs is 1. The lowest BCUT2D eigenvalue weighted by atomic mass is 10.1. The number of benzene rings is 1. The number of carbonyl (C=O) groups is 1. The summed E-state index contributed by atoms with van der Waals surface area (Å²) < 4.78 is 15.7. The molecule has 0 bridgehead atoms. The second-order valence-electron chi connectivity index (χ2n) is 4.03. The number of ether oxygens (including phenoxy) is 3. The van der Waals surface area contributed by atoms with Gasteiger partial charge in [0.2, 0.25) is 6.79 Å². The molecule has 0 saturated heterocycles. The Balaban J connectivity index is 2.09. The second-order valence-corrected chi connectivity index (χ2v) is 4.03. The Kier molecular flexibility index (Phi) is 3.08. The molecule has 2 rings (SSSR count). The van der Waals surface area contributed by atoms with Crippen LogP contribution in [-0.4, -0.2) is 31.9 Å². The van der Waals surface area contributed by atoms with Crippen molar-refractivity contribution in [3.8, 4) is 11.5 Å². The number of amides is 1. The van der Waals surface area contributed by atoms with Crippen LogP contribution in [0.2, 0.25) is 0 Å². The quantitative estimate of drug-likeness (QED) is 0.791. The van der Waals surface area contributed by atoms with Gasteiger partial charge in [0, 0.05) is 14.1 Å². The van der Waals surface area contributed by atoms with E-state index in [4.69, 9.17) is 14.2 Å². The number of rotatable bonds is 2. The predicted molar refractivity (Wildman–Crippen MR) is 61.1 cm³/mol. The van der Waals surface area contributed by atoms with Gasteiger partial charge >= 0.3 is 6.09 Å². The molecule has 1 amide bonds. The van der Waals surface area contributed by atoms with Gasteiger partial charge in [-0.1, -0.05) is 6.07 Å². The number of hydrogen-bond acceptors (Lipinski definition) is 4. The van der Waals surface area contributed by atoms with Crippen molar-refractivity contribution in [1.82, 2.24) is 4.90 Å². The number of nitrogens with zero attached hydrogens (tertiary/aromatic N) is 1. The molecule has 92 valence electrons. The van der Waals surface area contributed by atoms with Gasteiger partial charge in [-0.15, -0.1) is 0 Å². The second kappa shape index (κ2) is 4.53. The van der Waals surface area contributed by atoms with Crippen molar-refractivity contribution in [1.29, 1.82) is 0 Å². The van der Waals surface area contributed by atoms with Crippen LogP contribution < -0.4 is 9.47 Å². The van der Waals surface area contributed by atoms with Gasteiger partial charge in [-0.25, -0.2) is 4.79 Å². The molecule has 0 aromatic heterocycles. The summed E-state index contributed by atoms with van der Waals surface area (Å²) in [6.45, 7) is 2.06. The third-order valence-corrected chi connectivity index (χ3v) is 2.51. The first-order chi connectivity index (χ1) is 8.08. The maximum absolute atomic E-state index is 11.4. The highest BCUT2D eigenvalue weighted by Gasteiger charge is 2.18. The first kappa shape index (κ1) is 11.6. The van der Waals surface area contributed by atoms with E-state index >= 15 is 0 Å². The maximum Gasteiger partial charge on any atom is 0.409 e. The van der Waals surface area contributed by atoms with Crippen molar-refractivity contribution in [2.24, 2.45) is 0 Å². The summed E-state index contributed by atoms with van der Waals surface area (Å²) >= 11 is 0. The molecule has 1 aromatic rings. The number of carbonyl (C=O) groups excluding carboxylic acids is 1. The minimum atomic E-state index is -0.366. The van der Waals surface area contributed by atoms with Crippen molar-refractivity contribution >= 4 is 6.09 Å². The molecule has 1 heterocycles. The van der Waals surface area contributed by atoms with Crippen molar-refractivity contribution in [2.45, 2.75) is 13.0 Å². The molecule has 0 saturated carbocycles. The highest BCUT2D eigenvalue weighted by molar-refractivity contribution is 5.67. The summed E-state index contributed by atoms with van der Waals surface area (Å²) in [6, 6.07) is 5.51. The molecule has 5 heteroatoms. The topological polar surface area (TPSA) is 48.0 Å². The molecule has 1 aliphatic rings. The fraction of sp³-hybridized carbons (Fsp3) is 0.417. The van der Waals surface area contributed by atoms with Gasteiger partial charge in [-0.3, -0.25) is 0 Å². The maximum atomic E-state index is 11.4. The van der Waals surface area contributed by atoms with E-state index in [-0.39, 0.29) is 19.0 Å². The summed E-state index contributed by atoms with van der Waals surface area (Å²) in [5.41, 5.74) is 0.879. The van der Waals surface area contributed by atoms with E-state index in [2.05, 4.69) is 0 Å². The van der Waals surface area contributed by atoms with Crippen LogP contribution in [0.5, 0.6) is 11.5 Å². The smallest absolute Gasteiger partial charge is 0.409 e. The molecule has 1 unspecified atom stereocenters. The molecule has 0 fully saturated rings. The Morgan fingerprint density at radius 3 is 2.76 bits per heavy atom. The van der Waals surface area contributed by atoms with E-state index in [0.29, 0.717) is 5.75 Å². The average molecular weight is 237 g/mol. The Morgan fingerprint density at radius 2 is 2.06 bits per heavy atom. The highest BCUT2D eigenvalue weighted by atomic mass is 16.7. The molecule has 1 aliphatic heterocycles.